The summed E-state index contributed by atoms with van der Waals surface area (Å²) in [5.74, 6) is -1.52. The summed E-state index contributed by atoms with van der Waals surface area (Å²) in [4.78, 5) is 45.1. The number of carbonyl (C=O) groups excluding carboxylic acids is 4. The first kappa shape index (κ1) is 18.8. The van der Waals surface area contributed by atoms with Gasteiger partial charge in [-0.2, -0.15) is 0 Å². The number of amides is 4. The van der Waals surface area contributed by atoms with Gasteiger partial charge in [0, 0.05) is 19.9 Å². The molecule has 1 fully saturated rings. The van der Waals surface area contributed by atoms with E-state index in [1.807, 2.05) is 20.8 Å². The molecule has 0 bridgehead atoms. The average molecular weight is 348 g/mol. The van der Waals surface area contributed by atoms with Crippen LogP contribution in [0.2, 0.25) is 0 Å². The van der Waals surface area contributed by atoms with Crippen molar-refractivity contribution in [2.24, 2.45) is 0 Å². The second kappa shape index (κ2) is 6.74. The summed E-state index contributed by atoms with van der Waals surface area (Å²) in [6.07, 6.45) is 1.72. The van der Waals surface area contributed by atoms with Gasteiger partial charge in [0.2, 0.25) is 11.8 Å². The Morgan fingerprint density at radius 1 is 0.960 bits per heavy atom. The first-order chi connectivity index (χ1) is 11.5. The van der Waals surface area contributed by atoms with Gasteiger partial charge in [-0.05, 0) is 29.5 Å². The molecule has 0 aliphatic carbocycles. The predicted molar refractivity (Wildman–Crippen MR) is 88.5 cm³/mol. The molecular formula is C18H21FN2O4. The summed E-state index contributed by atoms with van der Waals surface area (Å²) in [7, 11) is 1.40. The lowest BCUT2D eigenvalue weighted by Gasteiger charge is -2.20. The van der Waals surface area contributed by atoms with E-state index in [0.717, 1.165) is 4.90 Å². The van der Waals surface area contributed by atoms with Crippen LogP contribution in [0.5, 0.6) is 0 Å². The largest absolute Gasteiger partial charge is 0.296 e. The van der Waals surface area contributed by atoms with Crippen LogP contribution >= 0.6 is 0 Å². The topological polar surface area (TPSA) is 83.6 Å². The van der Waals surface area contributed by atoms with Crippen LogP contribution in [0.15, 0.2) is 12.1 Å². The van der Waals surface area contributed by atoms with Crippen LogP contribution in [0.3, 0.4) is 0 Å². The molecule has 4 amide bonds. The molecular weight excluding hydrogens is 327 g/mol. The third-order valence-corrected chi connectivity index (χ3v) is 4.07. The molecule has 2 heterocycles. The van der Waals surface area contributed by atoms with Crippen molar-refractivity contribution in [3.05, 3.63) is 34.6 Å². The highest BCUT2D eigenvalue weighted by atomic mass is 19.1. The molecule has 2 aliphatic heterocycles. The van der Waals surface area contributed by atoms with Crippen LogP contribution in [0.1, 0.15) is 66.3 Å². The monoisotopic (exact) mass is 348 g/mol. The van der Waals surface area contributed by atoms with Gasteiger partial charge < -0.3 is 0 Å². The number of fused-ring (bicyclic) bond motifs is 1. The van der Waals surface area contributed by atoms with Gasteiger partial charge in [0.05, 0.1) is 11.1 Å². The second-order valence-corrected chi connectivity index (χ2v) is 7.12. The van der Waals surface area contributed by atoms with Crippen molar-refractivity contribution in [3.8, 4) is 0 Å². The molecule has 25 heavy (non-hydrogen) atoms. The van der Waals surface area contributed by atoms with E-state index >= 15 is 0 Å². The lowest BCUT2D eigenvalue weighted by atomic mass is 9.85. The first-order valence-electron chi connectivity index (χ1n) is 8.01. The van der Waals surface area contributed by atoms with E-state index in [2.05, 4.69) is 5.32 Å². The maximum atomic E-state index is 13.9. The number of nitrogens with zero attached hydrogens (tertiary/aromatic N) is 1. The zero-order chi connectivity index (χ0) is 18.9. The Bertz CT molecular complexity index is 751. The molecule has 6 nitrogen and oxygen atoms in total. The molecule has 134 valence electrons. The minimum absolute atomic E-state index is 0.138. The predicted octanol–water partition coefficient (Wildman–Crippen LogP) is 2.16. The van der Waals surface area contributed by atoms with Crippen molar-refractivity contribution in [2.75, 3.05) is 7.05 Å². The van der Waals surface area contributed by atoms with Crippen LogP contribution in [0, 0.1) is 5.82 Å². The molecule has 0 aromatic heterocycles. The summed E-state index contributed by atoms with van der Waals surface area (Å²) in [5, 5.41) is 2.20. The zero-order valence-corrected chi connectivity index (χ0v) is 14.7. The minimum Gasteiger partial charge on any atom is -0.296 e. The van der Waals surface area contributed by atoms with Gasteiger partial charge in [-0.3, -0.25) is 29.4 Å². The molecule has 7 heteroatoms. The van der Waals surface area contributed by atoms with Gasteiger partial charge in [-0.25, -0.2) is 4.39 Å². The highest BCUT2D eigenvalue weighted by Crippen LogP contribution is 2.31. The number of imide groups is 2. The standard InChI is InChI=1S/C13H14FNO2.C5H7NO2/c1-13(2,3)9-5-7-8(6-10(9)14)12(17)15(4)11(7)16;7-4-2-1-3-5(8)6-4/h5-6H,1-4H3;1-3H2,(H,6,7,8). The summed E-state index contributed by atoms with van der Waals surface area (Å²) in [6, 6.07) is 2.66. The SMILES string of the molecule is CN1C(=O)c2cc(F)c(C(C)(C)C)cc2C1=O.O=C1CCCC(=O)N1. The first-order valence-corrected chi connectivity index (χ1v) is 8.01. The molecule has 3 rings (SSSR count). The van der Waals surface area contributed by atoms with Gasteiger partial charge in [-0.1, -0.05) is 20.8 Å². The van der Waals surface area contributed by atoms with E-state index in [0.29, 0.717) is 30.4 Å². The number of hydrogen-bond acceptors (Lipinski definition) is 4. The van der Waals surface area contributed by atoms with Crippen molar-refractivity contribution in [1.29, 1.82) is 0 Å². The van der Waals surface area contributed by atoms with Crippen LogP contribution < -0.4 is 5.32 Å². The van der Waals surface area contributed by atoms with Gasteiger partial charge in [0.1, 0.15) is 5.82 Å². The Hall–Kier alpha value is -2.57. The number of benzene rings is 1. The molecule has 1 aromatic carbocycles. The third-order valence-electron chi connectivity index (χ3n) is 4.07. The Morgan fingerprint density at radius 2 is 1.44 bits per heavy atom. The van der Waals surface area contributed by atoms with Crippen molar-refractivity contribution in [1.82, 2.24) is 10.2 Å². The number of halogens is 1. The quantitative estimate of drug-likeness (QED) is 0.728. The highest BCUT2D eigenvalue weighted by molar-refractivity contribution is 6.21. The van der Waals surface area contributed by atoms with E-state index in [1.165, 1.54) is 19.2 Å². The Labute approximate surface area is 145 Å². The lowest BCUT2D eigenvalue weighted by molar-refractivity contribution is -0.132. The fourth-order valence-corrected chi connectivity index (χ4v) is 2.65. The molecule has 0 spiro atoms. The third kappa shape index (κ3) is 3.92. The molecule has 1 aromatic rings. The highest BCUT2D eigenvalue weighted by Gasteiger charge is 2.35. The van der Waals surface area contributed by atoms with Crippen LogP contribution in [-0.2, 0) is 15.0 Å². The molecule has 1 N–H and O–H groups in total. The zero-order valence-electron chi connectivity index (χ0n) is 14.7. The van der Waals surface area contributed by atoms with E-state index in [-0.39, 0.29) is 23.3 Å². The van der Waals surface area contributed by atoms with Crippen molar-refractivity contribution < 1.29 is 23.6 Å². The Kier molecular flexibility index (Phi) is 5.06. The molecule has 0 saturated carbocycles. The number of rotatable bonds is 0. The van der Waals surface area contributed by atoms with Gasteiger partial charge >= 0.3 is 0 Å². The van der Waals surface area contributed by atoms with Crippen LogP contribution in [0.4, 0.5) is 4.39 Å². The van der Waals surface area contributed by atoms with E-state index in [4.69, 9.17) is 0 Å². The second-order valence-electron chi connectivity index (χ2n) is 7.12. The number of carbonyl (C=O) groups is 4. The van der Waals surface area contributed by atoms with E-state index < -0.39 is 17.1 Å². The minimum atomic E-state index is -0.440. The molecule has 0 atom stereocenters. The summed E-state index contributed by atoms with van der Waals surface area (Å²) >= 11 is 0. The maximum Gasteiger partial charge on any atom is 0.261 e. The molecule has 1 saturated heterocycles. The molecule has 2 aliphatic rings. The molecule has 0 unspecified atom stereocenters. The molecule has 0 radical (unpaired) electrons. The van der Waals surface area contributed by atoms with E-state index in [1.54, 1.807) is 0 Å². The van der Waals surface area contributed by atoms with Crippen molar-refractivity contribution in [3.63, 3.8) is 0 Å². The van der Waals surface area contributed by atoms with Gasteiger partial charge in [0.15, 0.2) is 0 Å². The van der Waals surface area contributed by atoms with Gasteiger partial charge in [-0.15, -0.1) is 0 Å². The lowest BCUT2D eigenvalue weighted by Crippen LogP contribution is -2.33. The van der Waals surface area contributed by atoms with Crippen LogP contribution in [-0.4, -0.2) is 35.6 Å². The number of hydrogen-bond donors (Lipinski definition) is 1. The maximum absolute atomic E-state index is 13.9. The normalized spacial score (nSPS) is 17.1. The Balaban J connectivity index is 0.000000236. The fraction of sp³-hybridized carbons (Fsp3) is 0.444. The van der Waals surface area contributed by atoms with Crippen molar-refractivity contribution >= 4 is 23.6 Å². The summed E-state index contributed by atoms with van der Waals surface area (Å²) < 4.78 is 13.9. The van der Waals surface area contributed by atoms with E-state index in [9.17, 15) is 23.6 Å². The van der Waals surface area contributed by atoms with Gasteiger partial charge in [0.25, 0.3) is 11.8 Å². The number of piperidine rings is 1. The van der Waals surface area contributed by atoms with Crippen molar-refractivity contribution in [2.45, 2.75) is 45.4 Å². The summed E-state index contributed by atoms with van der Waals surface area (Å²) in [5.41, 5.74) is 0.503. The Morgan fingerprint density at radius 3 is 1.84 bits per heavy atom. The van der Waals surface area contributed by atoms with Crippen LogP contribution in [0.25, 0.3) is 0 Å². The smallest absolute Gasteiger partial charge is 0.261 e. The average Bonchev–Trinajstić information content (AvgIpc) is 2.70. The summed E-state index contributed by atoms with van der Waals surface area (Å²) in [6.45, 7) is 5.59. The fourth-order valence-electron chi connectivity index (χ4n) is 2.65. The number of nitrogens with one attached hydrogen (secondary N) is 1.